The molecule has 0 unspecified atom stereocenters. The summed E-state index contributed by atoms with van der Waals surface area (Å²) in [5, 5.41) is 11.2. The van der Waals surface area contributed by atoms with E-state index < -0.39 is 5.97 Å². The summed E-state index contributed by atoms with van der Waals surface area (Å²) >= 11 is 0. The molecule has 2 rings (SSSR count). The van der Waals surface area contributed by atoms with Gasteiger partial charge in [0.15, 0.2) is 0 Å². The van der Waals surface area contributed by atoms with Crippen LogP contribution in [-0.4, -0.2) is 27.0 Å². The maximum atomic E-state index is 11.9. The summed E-state index contributed by atoms with van der Waals surface area (Å²) in [6, 6.07) is 6.57. The van der Waals surface area contributed by atoms with Crippen molar-refractivity contribution >= 4 is 23.6 Å². The standard InChI is InChI=1S/C14H11N3O3/c18-13(19)6-4-10-3-5-12(16-8-10)14(20)17-11-2-1-7-15-9-11/h1-9H,(H,17,20)(H,18,19). The highest BCUT2D eigenvalue weighted by Gasteiger charge is 2.07. The number of nitrogens with one attached hydrogen (secondary N) is 1. The number of nitrogens with zero attached hydrogens (tertiary/aromatic N) is 2. The number of carboxylic acid groups (broad SMARTS) is 1. The molecule has 0 aliphatic heterocycles. The number of amides is 1. The molecule has 0 aliphatic rings. The second kappa shape index (κ2) is 6.24. The fraction of sp³-hybridized carbons (Fsp3) is 0. The number of hydrogen-bond donors (Lipinski definition) is 2. The Morgan fingerprint density at radius 3 is 2.65 bits per heavy atom. The SMILES string of the molecule is O=C(O)C=Cc1ccc(C(=O)Nc2cccnc2)nc1. The van der Waals surface area contributed by atoms with E-state index in [2.05, 4.69) is 15.3 Å². The Morgan fingerprint density at radius 1 is 1.20 bits per heavy atom. The predicted octanol–water partition coefficient (Wildman–Crippen LogP) is 1.83. The van der Waals surface area contributed by atoms with Crippen LogP contribution in [0.3, 0.4) is 0 Å². The lowest BCUT2D eigenvalue weighted by atomic mass is 10.2. The summed E-state index contributed by atoms with van der Waals surface area (Å²) in [5.41, 5.74) is 1.42. The summed E-state index contributed by atoms with van der Waals surface area (Å²) in [6.45, 7) is 0. The van der Waals surface area contributed by atoms with Crippen molar-refractivity contribution in [1.82, 2.24) is 9.97 Å². The summed E-state index contributed by atoms with van der Waals surface area (Å²) in [4.78, 5) is 30.1. The lowest BCUT2D eigenvalue weighted by molar-refractivity contribution is -0.131. The molecule has 0 saturated heterocycles. The van der Waals surface area contributed by atoms with Crippen molar-refractivity contribution in [2.24, 2.45) is 0 Å². The molecule has 2 aromatic heterocycles. The van der Waals surface area contributed by atoms with Gasteiger partial charge in [-0.2, -0.15) is 0 Å². The van der Waals surface area contributed by atoms with Gasteiger partial charge in [0.25, 0.3) is 5.91 Å². The van der Waals surface area contributed by atoms with Crippen molar-refractivity contribution < 1.29 is 14.7 Å². The molecule has 6 heteroatoms. The number of aromatic nitrogens is 2. The number of aliphatic carboxylic acids is 1. The van der Waals surface area contributed by atoms with Crippen LogP contribution in [-0.2, 0) is 4.79 Å². The molecule has 0 fully saturated rings. The Morgan fingerprint density at radius 2 is 2.05 bits per heavy atom. The lowest BCUT2D eigenvalue weighted by Crippen LogP contribution is -2.13. The topological polar surface area (TPSA) is 92.2 Å². The van der Waals surface area contributed by atoms with Gasteiger partial charge in [-0.25, -0.2) is 4.79 Å². The second-order valence-corrected chi connectivity index (χ2v) is 3.84. The number of anilines is 1. The van der Waals surface area contributed by atoms with E-state index >= 15 is 0 Å². The Bertz CT molecular complexity index is 636. The molecule has 0 aliphatic carbocycles. The Labute approximate surface area is 114 Å². The molecule has 1 amide bonds. The van der Waals surface area contributed by atoms with Crippen LogP contribution in [0.1, 0.15) is 16.1 Å². The number of rotatable bonds is 4. The van der Waals surface area contributed by atoms with Crippen molar-refractivity contribution in [3.63, 3.8) is 0 Å². The number of carbonyl (C=O) groups is 2. The van der Waals surface area contributed by atoms with Crippen LogP contribution >= 0.6 is 0 Å². The average Bonchev–Trinajstić information content (AvgIpc) is 2.46. The van der Waals surface area contributed by atoms with E-state index in [0.717, 1.165) is 6.08 Å². The van der Waals surface area contributed by atoms with Crippen molar-refractivity contribution in [2.75, 3.05) is 5.32 Å². The molecule has 0 aromatic carbocycles. The molecule has 20 heavy (non-hydrogen) atoms. The van der Waals surface area contributed by atoms with Gasteiger partial charge in [0.05, 0.1) is 11.9 Å². The Kier molecular flexibility index (Phi) is 4.18. The van der Waals surface area contributed by atoms with Crippen LogP contribution in [0.4, 0.5) is 5.69 Å². The van der Waals surface area contributed by atoms with Crippen LogP contribution in [0.2, 0.25) is 0 Å². The predicted molar refractivity (Wildman–Crippen MR) is 73.1 cm³/mol. The summed E-state index contributed by atoms with van der Waals surface area (Å²) in [7, 11) is 0. The van der Waals surface area contributed by atoms with Crippen LogP contribution in [0.15, 0.2) is 48.9 Å². The van der Waals surface area contributed by atoms with Gasteiger partial charge in [0.2, 0.25) is 0 Å². The highest BCUT2D eigenvalue weighted by Crippen LogP contribution is 2.07. The van der Waals surface area contributed by atoms with E-state index in [-0.39, 0.29) is 11.6 Å². The van der Waals surface area contributed by atoms with E-state index in [4.69, 9.17) is 5.11 Å². The van der Waals surface area contributed by atoms with Gasteiger partial charge in [-0.3, -0.25) is 14.8 Å². The number of carbonyl (C=O) groups excluding carboxylic acids is 1. The molecule has 100 valence electrons. The minimum atomic E-state index is -1.04. The monoisotopic (exact) mass is 269 g/mol. The van der Waals surface area contributed by atoms with Crippen molar-refractivity contribution in [3.8, 4) is 0 Å². The Hall–Kier alpha value is -3.02. The maximum absolute atomic E-state index is 11.9. The minimum absolute atomic E-state index is 0.237. The number of carboxylic acids is 1. The quantitative estimate of drug-likeness (QED) is 0.826. The first-order valence-electron chi connectivity index (χ1n) is 5.73. The van der Waals surface area contributed by atoms with E-state index in [1.54, 1.807) is 24.4 Å². The fourth-order valence-electron chi connectivity index (χ4n) is 1.44. The van der Waals surface area contributed by atoms with E-state index in [0.29, 0.717) is 11.3 Å². The summed E-state index contributed by atoms with van der Waals surface area (Å²) in [5.74, 6) is -1.39. The van der Waals surface area contributed by atoms with Crippen LogP contribution < -0.4 is 5.32 Å². The minimum Gasteiger partial charge on any atom is -0.478 e. The third kappa shape index (κ3) is 3.74. The third-order valence-electron chi connectivity index (χ3n) is 2.36. The van der Waals surface area contributed by atoms with Crippen LogP contribution in [0.25, 0.3) is 6.08 Å². The van der Waals surface area contributed by atoms with Gasteiger partial charge in [-0.05, 0) is 29.8 Å². The molecular weight excluding hydrogens is 258 g/mol. The molecular formula is C14H11N3O3. The van der Waals surface area contributed by atoms with E-state index in [1.807, 2.05) is 0 Å². The molecule has 0 atom stereocenters. The molecule has 0 bridgehead atoms. The van der Waals surface area contributed by atoms with Gasteiger partial charge in [0, 0.05) is 18.5 Å². The zero-order valence-electron chi connectivity index (χ0n) is 10.4. The highest BCUT2D eigenvalue weighted by atomic mass is 16.4. The number of hydrogen-bond acceptors (Lipinski definition) is 4. The smallest absolute Gasteiger partial charge is 0.328 e. The first-order valence-corrected chi connectivity index (χ1v) is 5.73. The zero-order valence-corrected chi connectivity index (χ0v) is 10.4. The van der Waals surface area contributed by atoms with Crippen LogP contribution in [0.5, 0.6) is 0 Å². The van der Waals surface area contributed by atoms with Crippen molar-refractivity contribution in [3.05, 3.63) is 60.2 Å². The van der Waals surface area contributed by atoms with E-state index in [1.165, 1.54) is 24.5 Å². The second-order valence-electron chi connectivity index (χ2n) is 3.84. The first-order chi connectivity index (χ1) is 9.65. The lowest BCUT2D eigenvalue weighted by Gasteiger charge is -2.03. The van der Waals surface area contributed by atoms with Gasteiger partial charge in [0.1, 0.15) is 5.69 Å². The normalized spacial score (nSPS) is 10.4. The van der Waals surface area contributed by atoms with Crippen molar-refractivity contribution in [2.45, 2.75) is 0 Å². The molecule has 2 aromatic rings. The fourth-order valence-corrected chi connectivity index (χ4v) is 1.44. The number of pyridine rings is 2. The van der Waals surface area contributed by atoms with E-state index in [9.17, 15) is 9.59 Å². The molecule has 2 heterocycles. The Balaban J connectivity index is 2.06. The maximum Gasteiger partial charge on any atom is 0.328 e. The third-order valence-corrected chi connectivity index (χ3v) is 2.36. The molecule has 6 nitrogen and oxygen atoms in total. The molecule has 0 radical (unpaired) electrons. The summed E-state index contributed by atoms with van der Waals surface area (Å²) < 4.78 is 0. The van der Waals surface area contributed by atoms with Crippen molar-refractivity contribution in [1.29, 1.82) is 0 Å². The van der Waals surface area contributed by atoms with Gasteiger partial charge in [-0.15, -0.1) is 0 Å². The highest BCUT2D eigenvalue weighted by molar-refractivity contribution is 6.02. The molecule has 0 spiro atoms. The first kappa shape index (κ1) is 13.4. The summed E-state index contributed by atoms with van der Waals surface area (Å²) in [6.07, 6.45) is 6.97. The zero-order chi connectivity index (χ0) is 14.4. The van der Waals surface area contributed by atoms with Gasteiger partial charge < -0.3 is 10.4 Å². The molecule has 2 N–H and O–H groups in total. The molecule has 0 saturated carbocycles. The van der Waals surface area contributed by atoms with Gasteiger partial charge >= 0.3 is 5.97 Å². The van der Waals surface area contributed by atoms with Crippen LogP contribution in [0, 0.1) is 0 Å². The largest absolute Gasteiger partial charge is 0.478 e. The average molecular weight is 269 g/mol. The van der Waals surface area contributed by atoms with Gasteiger partial charge in [-0.1, -0.05) is 6.07 Å².